The Kier molecular flexibility index (Phi) is 8.81. The van der Waals surface area contributed by atoms with E-state index in [-0.39, 0.29) is 5.97 Å². The number of hydrogen-bond donors (Lipinski definition) is 0. The Morgan fingerprint density at radius 2 is 1.97 bits per heavy atom. The van der Waals surface area contributed by atoms with Gasteiger partial charge in [-0.1, -0.05) is 0 Å². The van der Waals surface area contributed by atoms with Crippen LogP contribution in [0.3, 0.4) is 0 Å². The molecule has 10 heteroatoms. The van der Waals surface area contributed by atoms with Gasteiger partial charge >= 0.3 is 5.97 Å². The second-order valence-electron chi connectivity index (χ2n) is 9.73. The summed E-state index contributed by atoms with van der Waals surface area (Å²) in [5.41, 5.74) is 2.27. The SMILES string of the molecule is CCOC(=O)C1(COCCN(C)C)CCN(c2ccc(-c3cc(OCC)cn4ncc(C#N)c34)cn2)CC1. The van der Waals surface area contributed by atoms with Crippen molar-refractivity contribution < 1.29 is 19.0 Å². The van der Waals surface area contributed by atoms with Crippen LogP contribution in [0.2, 0.25) is 0 Å². The second-order valence-corrected chi connectivity index (χ2v) is 9.73. The summed E-state index contributed by atoms with van der Waals surface area (Å²) in [6.45, 7) is 7.72. The lowest BCUT2D eigenvalue weighted by atomic mass is 9.79. The third kappa shape index (κ3) is 5.90. The molecule has 202 valence electrons. The number of rotatable bonds is 11. The second kappa shape index (κ2) is 12.2. The molecule has 0 amide bonds. The number of carbonyl (C=O) groups excluding carboxylic acids is 1. The first kappa shape index (κ1) is 27.4. The minimum atomic E-state index is -0.639. The molecule has 10 nitrogen and oxygen atoms in total. The number of anilines is 1. The van der Waals surface area contributed by atoms with Crippen LogP contribution in [-0.4, -0.2) is 85.6 Å². The normalized spacial score (nSPS) is 15.0. The van der Waals surface area contributed by atoms with E-state index in [4.69, 9.17) is 19.2 Å². The van der Waals surface area contributed by atoms with E-state index in [2.05, 4.69) is 21.0 Å². The highest BCUT2D eigenvalue weighted by molar-refractivity contribution is 5.85. The fourth-order valence-corrected chi connectivity index (χ4v) is 4.75. The zero-order chi connectivity index (χ0) is 27.1. The van der Waals surface area contributed by atoms with E-state index in [1.54, 1.807) is 16.9 Å². The Morgan fingerprint density at radius 1 is 1.18 bits per heavy atom. The molecule has 1 aliphatic heterocycles. The first-order chi connectivity index (χ1) is 18.4. The van der Waals surface area contributed by atoms with Crippen molar-refractivity contribution in [3.63, 3.8) is 0 Å². The number of pyridine rings is 2. The van der Waals surface area contributed by atoms with Crippen LogP contribution in [-0.2, 0) is 14.3 Å². The minimum absolute atomic E-state index is 0.180. The standard InChI is InChI=1S/C28H36N6O4/c1-5-37-23-15-24(26-22(16-29)18-31-34(26)19-23)21-7-8-25(30-17-21)33-11-9-28(10-12-33,27(35)38-6-2)20-36-14-13-32(3)4/h7-8,15,17-19H,5-6,9-14,20H2,1-4H3. The van der Waals surface area contributed by atoms with Crippen LogP contribution in [0.5, 0.6) is 5.75 Å². The van der Waals surface area contributed by atoms with Gasteiger partial charge in [-0.05, 0) is 59.0 Å². The van der Waals surface area contributed by atoms with E-state index in [0.717, 1.165) is 29.0 Å². The van der Waals surface area contributed by atoms with Gasteiger partial charge in [-0.2, -0.15) is 10.4 Å². The Bertz CT molecular complexity index is 1270. The lowest BCUT2D eigenvalue weighted by Gasteiger charge is -2.40. The summed E-state index contributed by atoms with van der Waals surface area (Å²) in [7, 11) is 4.00. The number of nitriles is 1. The van der Waals surface area contributed by atoms with Gasteiger partial charge in [-0.25, -0.2) is 9.50 Å². The summed E-state index contributed by atoms with van der Waals surface area (Å²) >= 11 is 0. The Hall–Kier alpha value is -3.68. The molecule has 1 fully saturated rings. The summed E-state index contributed by atoms with van der Waals surface area (Å²) in [5, 5.41) is 13.9. The van der Waals surface area contributed by atoms with E-state index in [9.17, 15) is 10.1 Å². The molecule has 1 saturated heterocycles. The van der Waals surface area contributed by atoms with E-state index < -0.39 is 5.41 Å². The third-order valence-corrected chi connectivity index (χ3v) is 6.89. The largest absolute Gasteiger partial charge is 0.492 e. The van der Waals surface area contributed by atoms with Crippen molar-refractivity contribution in [3.05, 3.63) is 42.4 Å². The fourth-order valence-electron chi connectivity index (χ4n) is 4.75. The fraction of sp³-hybridized carbons (Fsp3) is 0.500. The smallest absolute Gasteiger partial charge is 0.314 e. The number of aromatic nitrogens is 3. The van der Waals surface area contributed by atoms with Crippen molar-refractivity contribution in [1.82, 2.24) is 19.5 Å². The van der Waals surface area contributed by atoms with Gasteiger partial charge in [-0.15, -0.1) is 0 Å². The molecule has 0 spiro atoms. The van der Waals surface area contributed by atoms with Crippen LogP contribution in [0.15, 0.2) is 36.8 Å². The van der Waals surface area contributed by atoms with E-state index in [0.29, 0.717) is 63.7 Å². The van der Waals surface area contributed by atoms with Gasteiger partial charge in [-0.3, -0.25) is 4.79 Å². The number of piperidine rings is 1. The first-order valence-corrected chi connectivity index (χ1v) is 13.1. The van der Waals surface area contributed by atoms with Gasteiger partial charge in [0.2, 0.25) is 0 Å². The maximum atomic E-state index is 12.9. The summed E-state index contributed by atoms with van der Waals surface area (Å²) < 4.78 is 18.7. The molecule has 4 heterocycles. The van der Waals surface area contributed by atoms with Crippen molar-refractivity contribution in [2.24, 2.45) is 5.41 Å². The molecule has 0 saturated carbocycles. The van der Waals surface area contributed by atoms with E-state index in [1.807, 2.05) is 52.3 Å². The lowest BCUT2D eigenvalue weighted by Crippen LogP contribution is -2.48. The van der Waals surface area contributed by atoms with Crippen LogP contribution >= 0.6 is 0 Å². The van der Waals surface area contributed by atoms with Gasteiger partial charge in [0.15, 0.2) is 0 Å². The molecule has 0 aliphatic carbocycles. The molecule has 0 N–H and O–H groups in total. The number of esters is 1. The third-order valence-electron chi connectivity index (χ3n) is 6.89. The average molecular weight is 521 g/mol. The zero-order valence-electron chi connectivity index (χ0n) is 22.6. The average Bonchev–Trinajstić information content (AvgIpc) is 3.34. The van der Waals surface area contributed by atoms with Crippen molar-refractivity contribution in [1.29, 1.82) is 5.26 Å². The Morgan fingerprint density at radius 3 is 2.61 bits per heavy atom. The highest BCUT2D eigenvalue weighted by Gasteiger charge is 2.43. The van der Waals surface area contributed by atoms with E-state index >= 15 is 0 Å². The number of fused-ring (bicyclic) bond motifs is 1. The number of likely N-dealkylation sites (N-methyl/N-ethyl adjacent to an activating group) is 1. The summed E-state index contributed by atoms with van der Waals surface area (Å²) in [5.74, 6) is 1.33. The molecule has 0 aromatic carbocycles. The predicted molar refractivity (Wildman–Crippen MR) is 144 cm³/mol. The molecule has 0 bridgehead atoms. The van der Waals surface area contributed by atoms with Crippen LogP contribution in [0.1, 0.15) is 32.3 Å². The first-order valence-electron chi connectivity index (χ1n) is 13.1. The molecule has 1 aliphatic rings. The van der Waals surface area contributed by atoms with Gasteiger partial charge < -0.3 is 24.0 Å². The van der Waals surface area contributed by atoms with Gasteiger partial charge in [0.05, 0.1) is 55.3 Å². The topological polar surface area (TPSA) is 105 Å². The maximum Gasteiger partial charge on any atom is 0.314 e. The van der Waals surface area contributed by atoms with E-state index in [1.165, 1.54) is 0 Å². The number of ether oxygens (including phenoxy) is 3. The summed E-state index contributed by atoms with van der Waals surface area (Å²) in [6.07, 6.45) is 6.42. The minimum Gasteiger partial charge on any atom is -0.492 e. The molecular weight excluding hydrogens is 484 g/mol. The van der Waals surface area contributed by atoms with Crippen LogP contribution in [0.25, 0.3) is 16.6 Å². The number of nitrogens with zero attached hydrogens (tertiary/aromatic N) is 6. The molecule has 0 unspecified atom stereocenters. The van der Waals surface area contributed by atoms with Crippen LogP contribution < -0.4 is 9.64 Å². The molecule has 3 aromatic heterocycles. The van der Waals surface area contributed by atoms with Crippen LogP contribution in [0.4, 0.5) is 5.82 Å². The van der Waals surface area contributed by atoms with Crippen molar-refractivity contribution in [3.8, 4) is 22.9 Å². The monoisotopic (exact) mass is 520 g/mol. The summed E-state index contributed by atoms with van der Waals surface area (Å²) in [6, 6.07) is 8.12. The van der Waals surface area contributed by atoms with Crippen LogP contribution in [0, 0.1) is 16.7 Å². The Labute approximate surface area is 223 Å². The molecular formula is C28H36N6O4. The quantitative estimate of drug-likeness (QED) is 0.278. The van der Waals surface area contributed by atoms with Gasteiger partial charge in [0.1, 0.15) is 17.6 Å². The molecule has 38 heavy (non-hydrogen) atoms. The van der Waals surface area contributed by atoms with Gasteiger partial charge in [0.25, 0.3) is 0 Å². The lowest BCUT2D eigenvalue weighted by molar-refractivity contribution is -0.161. The highest BCUT2D eigenvalue weighted by Crippen LogP contribution is 2.36. The van der Waals surface area contributed by atoms with Gasteiger partial charge in [0, 0.05) is 37.0 Å². The molecule has 0 radical (unpaired) electrons. The molecule has 0 atom stereocenters. The van der Waals surface area contributed by atoms with Crippen molar-refractivity contribution >= 4 is 17.3 Å². The number of hydrogen-bond acceptors (Lipinski definition) is 9. The van der Waals surface area contributed by atoms with Crippen molar-refractivity contribution in [2.75, 3.05) is 65.1 Å². The highest BCUT2D eigenvalue weighted by atomic mass is 16.5. The maximum absolute atomic E-state index is 12.9. The Balaban J connectivity index is 1.51. The predicted octanol–water partition coefficient (Wildman–Crippen LogP) is 3.39. The zero-order valence-corrected chi connectivity index (χ0v) is 22.6. The number of carbonyl (C=O) groups is 1. The molecule has 3 aromatic rings. The molecule has 4 rings (SSSR count). The van der Waals surface area contributed by atoms with Crippen molar-refractivity contribution in [2.45, 2.75) is 26.7 Å². The summed E-state index contributed by atoms with van der Waals surface area (Å²) in [4.78, 5) is 21.9.